The van der Waals surface area contributed by atoms with Crippen molar-refractivity contribution in [3.05, 3.63) is 65.4 Å². The monoisotopic (exact) mass is 363 g/mol. The Morgan fingerprint density at radius 1 is 1.19 bits per heavy atom. The standard InChI is InChI=1S/C20H18FN5O/c1-11-16(17-9-14(21)6-7-18(17)22-11)10-19(27)24-15-5-3-4-13(8-15)20-23-12(2)25-26-20/h3-9,22H,10H2,1-2H3,(H,24,27)(H,23,25,26). The third-order valence-corrected chi connectivity index (χ3v) is 4.42. The molecule has 0 atom stereocenters. The zero-order chi connectivity index (χ0) is 19.0. The van der Waals surface area contributed by atoms with Crippen molar-refractivity contribution in [1.29, 1.82) is 0 Å². The van der Waals surface area contributed by atoms with E-state index in [4.69, 9.17) is 0 Å². The predicted octanol–water partition coefficient (Wildman–Crippen LogP) is 3.89. The number of carbonyl (C=O) groups excluding carboxylic acids is 1. The molecule has 136 valence electrons. The first-order chi connectivity index (χ1) is 13.0. The van der Waals surface area contributed by atoms with Crippen LogP contribution in [0, 0.1) is 19.7 Å². The number of hydrogen-bond donors (Lipinski definition) is 3. The van der Waals surface area contributed by atoms with Crippen molar-refractivity contribution < 1.29 is 9.18 Å². The molecule has 2 aromatic heterocycles. The lowest BCUT2D eigenvalue weighted by atomic mass is 10.1. The van der Waals surface area contributed by atoms with E-state index in [9.17, 15) is 9.18 Å². The van der Waals surface area contributed by atoms with Crippen molar-refractivity contribution in [2.45, 2.75) is 20.3 Å². The van der Waals surface area contributed by atoms with Gasteiger partial charge in [0.2, 0.25) is 5.91 Å². The van der Waals surface area contributed by atoms with Crippen LogP contribution in [0.3, 0.4) is 0 Å². The number of aromatic amines is 2. The van der Waals surface area contributed by atoms with Crippen LogP contribution in [0.2, 0.25) is 0 Å². The minimum absolute atomic E-state index is 0.152. The first-order valence-electron chi connectivity index (χ1n) is 8.55. The van der Waals surface area contributed by atoms with Gasteiger partial charge in [-0.1, -0.05) is 12.1 Å². The Labute approximate surface area is 154 Å². The van der Waals surface area contributed by atoms with E-state index in [1.165, 1.54) is 12.1 Å². The molecule has 2 aromatic carbocycles. The topological polar surface area (TPSA) is 86.5 Å². The van der Waals surface area contributed by atoms with Crippen LogP contribution >= 0.6 is 0 Å². The van der Waals surface area contributed by atoms with Gasteiger partial charge in [0, 0.05) is 27.8 Å². The quantitative estimate of drug-likeness (QED) is 0.514. The second kappa shape index (κ2) is 6.68. The summed E-state index contributed by atoms with van der Waals surface area (Å²) in [5.41, 5.74) is 3.93. The molecule has 6 nitrogen and oxygen atoms in total. The van der Waals surface area contributed by atoms with Gasteiger partial charge in [0.1, 0.15) is 11.6 Å². The van der Waals surface area contributed by atoms with Crippen molar-refractivity contribution in [3.63, 3.8) is 0 Å². The van der Waals surface area contributed by atoms with Crippen molar-refractivity contribution in [3.8, 4) is 11.4 Å². The van der Waals surface area contributed by atoms with E-state index in [1.54, 1.807) is 6.07 Å². The third-order valence-electron chi connectivity index (χ3n) is 4.42. The summed E-state index contributed by atoms with van der Waals surface area (Å²) < 4.78 is 13.6. The number of carbonyl (C=O) groups is 1. The van der Waals surface area contributed by atoms with E-state index in [0.717, 1.165) is 33.5 Å². The highest BCUT2D eigenvalue weighted by molar-refractivity contribution is 5.96. The summed E-state index contributed by atoms with van der Waals surface area (Å²) in [6.45, 7) is 3.71. The molecule has 2 heterocycles. The lowest BCUT2D eigenvalue weighted by Gasteiger charge is -2.07. The lowest BCUT2D eigenvalue weighted by molar-refractivity contribution is -0.115. The molecule has 3 N–H and O–H groups in total. The molecular formula is C20H18FN5O. The number of hydrogen-bond acceptors (Lipinski definition) is 3. The molecule has 0 spiro atoms. The smallest absolute Gasteiger partial charge is 0.228 e. The van der Waals surface area contributed by atoms with Crippen LogP contribution in [-0.2, 0) is 11.2 Å². The predicted molar refractivity (Wildman–Crippen MR) is 102 cm³/mol. The summed E-state index contributed by atoms with van der Waals surface area (Å²) in [6, 6.07) is 11.9. The summed E-state index contributed by atoms with van der Waals surface area (Å²) in [4.78, 5) is 20.0. The van der Waals surface area contributed by atoms with Crippen LogP contribution in [0.25, 0.3) is 22.3 Å². The van der Waals surface area contributed by atoms with Gasteiger partial charge in [-0.3, -0.25) is 9.89 Å². The molecule has 0 aliphatic carbocycles. The number of aromatic nitrogens is 4. The van der Waals surface area contributed by atoms with Gasteiger partial charge in [-0.2, -0.15) is 5.10 Å². The van der Waals surface area contributed by atoms with E-state index in [-0.39, 0.29) is 18.1 Å². The van der Waals surface area contributed by atoms with E-state index in [1.807, 2.05) is 38.1 Å². The van der Waals surface area contributed by atoms with Gasteiger partial charge in [-0.05, 0) is 49.7 Å². The largest absolute Gasteiger partial charge is 0.358 e. The molecule has 1 amide bonds. The Balaban J connectivity index is 1.55. The molecule has 0 radical (unpaired) electrons. The average molecular weight is 363 g/mol. The number of nitrogens with one attached hydrogen (secondary N) is 3. The molecule has 0 fully saturated rings. The lowest BCUT2D eigenvalue weighted by Crippen LogP contribution is -2.14. The van der Waals surface area contributed by atoms with E-state index >= 15 is 0 Å². The van der Waals surface area contributed by atoms with Crippen molar-refractivity contribution in [2.75, 3.05) is 5.32 Å². The molecular weight excluding hydrogens is 345 g/mol. The third kappa shape index (κ3) is 3.44. The van der Waals surface area contributed by atoms with Crippen molar-refractivity contribution in [1.82, 2.24) is 20.2 Å². The SMILES string of the molecule is Cc1nc(-c2cccc(NC(=O)Cc3c(C)[nH]c4ccc(F)cc34)c2)n[nH]1. The number of fused-ring (bicyclic) bond motifs is 1. The Bertz CT molecular complexity index is 1140. The van der Waals surface area contributed by atoms with Crippen molar-refractivity contribution in [2.24, 2.45) is 0 Å². The molecule has 4 aromatic rings. The second-order valence-corrected chi connectivity index (χ2v) is 6.47. The highest BCUT2D eigenvalue weighted by Crippen LogP contribution is 2.24. The van der Waals surface area contributed by atoms with Gasteiger partial charge in [-0.25, -0.2) is 9.37 Å². The Morgan fingerprint density at radius 3 is 2.81 bits per heavy atom. The van der Waals surface area contributed by atoms with E-state index < -0.39 is 0 Å². The van der Waals surface area contributed by atoms with Crippen LogP contribution in [0.5, 0.6) is 0 Å². The Hall–Kier alpha value is -3.48. The van der Waals surface area contributed by atoms with Crippen LogP contribution in [0.15, 0.2) is 42.5 Å². The van der Waals surface area contributed by atoms with Crippen LogP contribution in [0.4, 0.5) is 10.1 Å². The maximum Gasteiger partial charge on any atom is 0.228 e. The number of benzene rings is 2. The number of aryl methyl sites for hydroxylation is 2. The number of nitrogens with zero attached hydrogens (tertiary/aromatic N) is 2. The molecule has 0 saturated heterocycles. The number of halogens is 1. The van der Waals surface area contributed by atoms with Gasteiger partial charge in [0.25, 0.3) is 0 Å². The fourth-order valence-electron chi connectivity index (χ4n) is 3.16. The normalized spacial score (nSPS) is 11.1. The number of H-pyrrole nitrogens is 2. The molecule has 0 saturated carbocycles. The van der Waals surface area contributed by atoms with Crippen LogP contribution in [-0.4, -0.2) is 26.1 Å². The van der Waals surface area contributed by atoms with E-state index in [2.05, 4.69) is 25.5 Å². The van der Waals surface area contributed by atoms with E-state index in [0.29, 0.717) is 11.5 Å². The minimum Gasteiger partial charge on any atom is -0.358 e. The average Bonchev–Trinajstić information content (AvgIpc) is 3.19. The number of amides is 1. The highest BCUT2D eigenvalue weighted by Gasteiger charge is 2.14. The maximum atomic E-state index is 13.6. The van der Waals surface area contributed by atoms with Gasteiger partial charge < -0.3 is 10.3 Å². The molecule has 7 heteroatoms. The molecule has 0 unspecified atom stereocenters. The van der Waals surface area contributed by atoms with Gasteiger partial charge >= 0.3 is 0 Å². The maximum absolute atomic E-state index is 13.6. The Kier molecular flexibility index (Phi) is 4.19. The molecule has 0 bridgehead atoms. The van der Waals surface area contributed by atoms with Crippen molar-refractivity contribution >= 4 is 22.5 Å². The van der Waals surface area contributed by atoms with Gasteiger partial charge in [0.05, 0.1) is 6.42 Å². The summed E-state index contributed by atoms with van der Waals surface area (Å²) >= 11 is 0. The Morgan fingerprint density at radius 2 is 2.04 bits per heavy atom. The first kappa shape index (κ1) is 17.0. The molecule has 0 aliphatic heterocycles. The fraction of sp³-hybridized carbons (Fsp3) is 0.150. The second-order valence-electron chi connectivity index (χ2n) is 6.47. The summed E-state index contributed by atoms with van der Waals surface area (Å²) in [6.07, 6.45) is 0.152. The summed E-state index contributed by atoms with van der Waals surface area (Å²) in [5, 5.41) is 10.6. The fourth-order valence-corrected chi connectivity index (χ4v) is 3.16. The van der Waals surface area contributed by atoms with Gasteiger partial charge in [0.15, 0.2) is 5.82 Å². The van der Waals surface area contributed by atoms with Gasteiger partial charge in [-0.15, -0.1) is 0 Å². The first-order valence-corrected chi connectivity index (χ1v) is 8.55. The minimum atomic E-state index is -0.322. The summed E-state index contributed by atoms with van der Waals surface area (Å²) in [5.74, 6) is 0.803. The molecule has 4 rings (SSSR count). The molecule has 27 heavy (non-hydrogen) atoms. The molecule has 0 aliphatic rings. The highest BCUT2D eigenvalue weighted by atomic mass is 19.1. The van der Waals surface area contributed by atoms with Crippen LogP contribution in [0.1, 0.15) is 17.1 Å². The van der Waals surface area contributed by atoms with Crippen LogP contribution < -0.4 is 5.32 Å². The number of rotatable bonds is 4. The summed E-state index contributed by atoms with van der Waals surface area (Å²) in [7, 11) is 0. The zero-order valence-corrected chi connectivity index (χ0v) is 14.9. The number of anilines is 1. The zero-order valence-electron chi connectivity index (χ0n) is 14.9.